The molecule has 1 unspecified atom stereocenters. The molecule has 0 aromatic heterocycles. The summed E-state index contributed by atoms with van der Waals surface area (Å²) >= 11 is 0. The second kappa shape index (κ2) is 7.16. The van der Waals surface area contributed by atoms with Gasteiger partial charge in [0.1, 0.15) is 0 Å². The standard InChI is InChI=1S/C13H22N2O3/c1-4-7-14-12(16)10(2)15-8-5-11(6-9-15)13(17)18-3/h4,10-11H,1,5-9H2,2-3H3,(H,14,16). The molecule has 0 saturated carbocycles. The molecule has 102 valence electrons. The van der Waals surface area contributed by atoms with Crippen LogP contribution < -0.4 is 5.32 Å². The van der Waals surface area contributed by atoms with Crippen molar-refractivity contribution in [1.82, 2.24) is 10.2 Å². The van der Waals surface area contributed by atoms with Crippen LogP contribution in [0.1, 0.15) is 19.8 Å². The number of hydrogen-bond acceptors (Lipinski definition) is 4. The van der Waals surface area contributed by atoms with E-state index in [-0.39, 0.29) is 23.8 Å². The summed E-state index contributed by atoms with van der Waals surface area (Å²) in [7, 11) is 1.42. The maximum Gasteiger partial charge on any atom is 0.308 e. The largest absolute Gasteiger partial charge is 0.469 e. The highest BCUT2D eigenvalue weighted by atomic mass is 16.5. The fraction of sp³-hybridized carbons (Fsp3) is 0.692. The van der Waals surface area contributed by atoms with Crippen molar-refractivity contribution in [3.8, 4) is 0 Å². The highest BCUT2D eigenvalue weighted by molar-refractivity contribution is 5.81. The Labute approximate surface area is 108 Å². The van der Waals surface area contributed by atoms with Crippen LogP contribution in [0, 0.1) is 5.92 Å². The number of amides is 1. The molecule has 0 aliphatic carbocycles. The maximum absolute atomic E-state index is 11.8. The van der Waals surface area contributed by atoms with Crippen LogP contribution in [-0.2, 0) is 14.3 Å². The predicted octanol–water partition coefficient (Wildman–Crippen LogP) is 0.562. The number of esters is 1. The Balaban J connectivity index is 2.39. The Kier molecular flexibility index (Phi) is 5.85. The lowest BCUT2D eigenvalue weighted by molar-refractivity contribution is -0.147. The van der Waals surface area contributed by atoms with Crippen molar-refractivity contribution in [3.05, 3.63) is 12.7 Å². The van der Waals surface area contributed by atoms with E-state index in [0.717, 1.165) is 25.9 Å². The second-order valence-corrected chi connectivity index (χ2v) is 4.54. The molecule has 1 saturated heterocycles. The zero-order valence-electron chi connectivity index (χ0n) is 11.1. The number of ether oxygens (including phenoxy) is 1. The molecular weight excluding hydrogens is 232 g/mol. The molecule has 1 aliphatic rings. The van der Waals surface area contributed by atoms with Crippen LogP contribution in [0.2, 0.25) is 0 Å². The van der Waals surface area contributed by atoms with E-state index >= 15 is 0 Å². The summed E-state index contributed by atoms with van der Waals surface area (Å²) < 4.78 is 4.74. The van der Waals surface area contributed by atoms with Crippen molar-refractivity contribution in [3.63, 3.8) is 0 Å². The van der Waals surface area contributed by atoms with E-state index in [2.05, 4.69) is 16.8 Å². The van der Waals surface area contributed by atoms with Crippen LogP contribution >= 0.6 is 0 Å². The Hall–Kier alpha value is -1.36. The Bertz CT molecular complexity index is 309. The zero-order chi connectivity index (χ0) is 13.5. The van der Waals surface area contributed by atoms with Crippen molar-refractivity contribution in [2.24, 2.45) is 5.92 Å². The van der Waals surface area contributed by atoms with Crippen LogP contribution in [0.3, 0.4) is 0 Å². The van der Waals surface area contributed by atoms with E-state index in [9.17, 15) is 9.59 Å². The first kappa shape index (κ1) is 14.7. The number of carbonyl (C=O) groups is 2. The lowest BCUT2D eigenvalue weighted by atomic mass is 9.96. The minimum Gasteiger partial charge on any atom is -0.469 e. The summed E-state index contributed by atoms with van der Waals surface area (Å²) in [6, 6.07) is -0.163. The van der Waals surface area contributed by atoms with Gasteiger partial charge in [-0.3, -0.25) is 14.5 Å². The lowest BCUT2D eigenvalue weighted by Gasteiger charge is -2.34. The number of carbonyl (C=O) groups excluding carboxylic acids is 2. The van der Waals surface area contributed by atoms with Crippen LogP contribution in [-0.4, -0.2) is 49.6 Å². The van der Waals surface area contributed by atoms with Gasteiger partial charge in [0.15, 0.2) is 0 Å². The van der Waals surface area contributed by atoms with Gasteiger partial charge < -0.3 is 10.1 Å². The molecule has 0 radical (unpaired) electrons. The number of piperidine rings is 1. The topological polar surface area (TPSA) is 58.6 Å². The van der Waals surface area contributed by atoms with Gasteiger partial charge in [0.2, 0.25) is 5.91 Å². The smallest absolute Gasteiger partial charge is 0.308 e. The van der Waals surface area contributed by atoms with E-state index in [4.69, 9.17) is 4.74 Å². The highest BCUT2D eigenvalue weighted by Crippen LogP contribution is 2.20. The van der Waals surface area contributed by atoms with Gasteiger partial charge in [0.05, 0.1) is 19.1 Å². The monoisotopic (exact) mass is 254 g/mol. The molecule has 1 atom stereocenters. The zero-order valence-corrected chi connectivity index (χ0v) is 11.1. The van der Waals surface area contributed by atoms with Gasteiger partial charge >= 0.3 is 5.97 Å². The average Bonchev–Trinajstić information content (AvgIpc) is 2.43. The molecule has 0 aromatic carbocycles. The highest BCUT2D eigenvalue weighted by Gasteiger charge is 2.29. The second-order valence-electron chi connectivity index (χ2n) is 4.54. The SMILES string of the molecule is C=CCNC(=O)C(C)N1CCC(C(=O)OC)CC1. The first-order valence-corrected chi connectivity index (χ1v) is 6.30. The van der Waals surface area contributed by atoms with Crippen molar-refractivity contribution < 1.29 is 14.3 Å². The average molecular weight is 254 g/mol. The molecule has 0 aromatic rings. The summed E-state index contributed by atoms with van der Waals surface area (Å²) in [5.41, 5.74) is 0. The summed E-state index contributed by atoms with van der Waals surface area (Å²) in [6.07, 6.45) is 3.17. The lowest BCUT2D eigenvalue weighted by Crippen LogP contribution is -2.49. The van der Waals surface area contributed by atoms with E-state index in [0.29, 0.717) is 6.54 Å². The molecule has 1 N–H and O–H groups in total. The van der Waals surface area contributed by atoms with Crippen molar-refractivity contribution >= 4 is 11.9 Å². The van der Waals surface area contributed by atoms with Crippen LogP contribution in [0.15, 0.2) is 12.7 Å². The molecule has 1 heterocycles. The summed E-state index contributed by atoms with van der Waals surface area (Å²) in [5, 5.41) is 2.78. The molecule has 5 heteroatoms. The molecular formula is C13H22N2O3. The number of rotatable bonds is 5. The van der Waals surface area contributed by atoms with Gasteiger partial charge in [-0.15, -0.1) is 6.58 Å². The van der Waals surface area contributed by atoms with Crippen molar-refractivity contribution in [1.29, 1.82) is 0 Å². The number of likely N-dealkylation sites (tertiary alicyclic amines) is 1. The van der Waals surface area contributed by atoms with Crippen LogP contribution in [0.25, 0.3) is 0 Å². The Morgan fingerprint density at radius 2 is 2.11 bits per heavy atom. The number of nitrogens with one attached hydrogen (secondary N) is 1. The minimum absolute atomic E-state index is 0.00594. The summed E-state index contributed by atoms with van der Waals surface area (Å²) in [4.78, 5) is 25.3. The van der Waals surface area contributed by atoms with E-state index < -0.39 is 0 Å². The molecule has 0 bridgehead atoms. The third kappa shape index (κ3) is 3.84. The Morgan fingerprint density at radius 1 is 1.50 bits per heavy atom. The third-order valence-corrected chi connectivity index (χ3v) is 3.41. The fourth-order valence-electron chi connectivity index (χ4n) is 2.18. The quantitative estimate of drug-likeness (QED) is 0.575. The first-order chi connectivity index (χ1) is 8.60. The molecule has 1 rings (SSSR count). The van der Waals surface area contributed by atoms with Crippen LogP contribution in [0.4, 0.5) is 0 Å². The van der Waals surface area contributed by atoms with Gasteiger partial charge in [-0.2, -0.15) is 0 Å². The van der Waals surface area contributed by atoms with Crippen molar-refractivity contribution in [2.45, 2.75) is 25.8 Å². The van der Waals surface area contributed by atoms with Crippen molar-refractivity contribution in [2.75, 3.05) is 26.7 Å². The molecule has 1 amide bonds. The Morgan fingerprint density at radius 3 is 2.61 bits per heavy atom. The number of nitrogens with zero attached hydrogens (tertiary/aromatic N) is 1. The van der Waals surface area contributed by atoms with Gasteiger partial charge in [-0.05, 0) is 32.9 Å². The normalized spacial score (nSPS) is 19.0. The molecule has 1 aliphatic heterocycles. The third-order valence-electron chi connectivity index (χ3n) is 3.41. The van der Waals surface area contributed by atoms with Gasteiger partial charge in [0, 0.05) is 6.54 Å². The van der Waals surface area contributed by atoms with Gasteiger partial charge in [-0.25, -0.2) is 0 Å². The molecule has 0 spiro atoms. The predicted molar refractivity (Wildman–Crippen MR) is 69.0 cm³/mol. The number of hydrogen-bond donors (Lipinski definition) is 1. The van der Waals surface area contributed by atoms with E-state index in [1.807, 2.05) is 6.92 Å². The van der Waals surface area contributed by atoms with Gasteiger partial charge in [-0.1, -0.05) is 6.08 Å². The summed E-state index contributed by atoms with van der Waals surface area (Å²) in [5.74, 6) is -0.153. The van der Waals surface area contributed by atoms with Gasteiger partial charge in [0.25, 0.3) is 0 Å². The molecule has 1 fully saturated rings. The summed E-state index contributed by atoms with van der Waals surface area (Å²) in [6.45, 7) is 7.44. The first-order valence-electron chi connectivity index (χ1n) is 6.30. The molecule has 5 nitrogen and oxygen atoms in total. The molecule has 18 heavy (non-hydrogen) atoms. The van der Waals surface area contributed by atoms with E-state index in [1.54, 1.807) is 6.08 Å². The fourth-order valence-corrected chi connectivity index (χ4v) is 2.18. The number of methoxy groups -OCH3 is 1. The maximum atomic E-state index is 11.8. The minimum atomic E-state index is -0.163. The van der Waals surface area contributed by atoms with E-state index in [1.165, 1.54) is 7.11 Å². The van der Waals surface area contributed by atoms with Crippen LogP contribution in [0.5, 0.6) is 0 Å².